The Balaban J connectivity index is 2.91. The van der Waals surface area contributed by atoms with Crippen LogP contribution < -0.4 is 0 Å². The topological polar surface area (TPSA) is 40.5 Å². The molecule has 0 unspecified atom stereocenters. The van der Waals surface area contributed by atoms with Crippen LogP contribution in [0.15, 0.2) is 18.2 Å². The molecule has 1 rings (SSSR count). The molecule has 112 valence electrons. The third-order valence-electron chi connectivity index (χ3n) is 3.86. The van der Waals surface area contributed by atoms with Crippen molar-refractivity contribution in [1.29, 1.82) is 0 Å². The smallest absolute Gasteiger partial charge is 0.253 e. The molecule has 0 bridgehead atoms. The molecule has 0 radical (unpaired) electrons. The Morgan fingerprint density at radius 3 is 2.40 bits per heavy atom. The quantitative estimate of drug-likeness (QED) is 0.875. The van der Waals surface area contributed by atoms with E-state index in [4.69, 9.17) is 11.6 Å². The number of hydrogen-bond donors (Lipinski definition) is 1. The largest absolute Gasteiger partial charge is 0.396 e. The molecule has 0 atom stereocenters. The van der Waals surface area contributed by atoms with E-state index in [-0.39, 0.29) is 28.5 Å². The van der Waals surface area contributed by atoms with Crippen molar-refractivity contribution in [2.45, 2.75) is 26.7 Å². The summed E-state index contributed by atoms with van der Waals surface area (Å²) in [5, 5.41) is 9.74. The summed E-state index contributed by atoms with van der Waals surface area (Å²) >= 11 is 5.76. The number of aliphatic hydroxyl groups is 1. The van der Waals surface area contributed by atoms with Crippen molar-refractivity contribution >= 4 is 17.5 Å². The molecule has 5 heteroatoms. The zero-order chi connectivity index (χ0) is 15.3. The molecule has 0 aliphatic heterocycles. The maximum absolute atomic E-state index is 13.3. The summed E-state index contributed by atoms with van der Waals surface area (Å²) in [6.07, 6.45) is 1.53. The average Bonchev–Trinajstić information content (AvgIpc) is 2.43. The lowest BCUT2D eigenvalue weighted by molar-refractivity contribution is 0.0544. The van der Waals surface area contributed by atoms with Gasteiger partial charge in [0, 0.05) is 29.6 Å². The van der Waals surface area contributed by atoms with E-state index in [0.29, 0.717) is 6.54 Å². The van der Waals surface area contributed by atoms with Gasteiger partial charge in [0.15, 0.2) is 0 Å². The van der Waals surface area contributed by atoms with E-state index >= 15 is 0 Å². The molecule has 1 aromatic rings. The van der Waals surface area contributed by atoms with Gasteiger partial charge in [-0.3, -0.25) is 4.79 Å². The van der Waals surface area contributed by atoms with Gasteiger partial charge in [0.1, 0.15) is 5.82 Å². The number of halogens is 2. The van der Waals surface area contributed by atoms with Gasteiger partial charge in [-0.25, -0.2) is 4.39 Å². The molecular formula is C15H21ClFNO2. The molecule has 0 fully saturated rings. The number of carbonyl (C=O) groups excluding carboxylic acids is 1. The Hall–Kier alpha value is -1.13. The van der Waals surface area contributed by atoms with Crippen LogP contribution in [0.3, 0.4) is 0 Å². The number of hydrogen-bond acceptors (Lipinski definition) is 2. The van der Waals surface area contributed by atoms with Gasteiger partial charge in [0.25, 0.3) is 5.91 Å². The summed E-state index contributed by atoms with van der Waals surface area (Å²) in [4.78, 5) is 13.8. The number of aliphatic hydroxyl groups excluding tert-OH is 1. The van der Waals surface area contributed by atoms with Crippen molar-refractivity contribution in [2.75, 3.05) is 20.2 Å². The van der Waals surface area contributed by atoms with E-state index in [9.17, 15) is 14.3 Å². The van der Waals surface area contributed by atoms with Crippen LogP contribution in [-0.4, -0.2) is 36.1 Å². The standard InChI is InChI=1S/C15H21ClFNO2/c1-4-15(5-2,10-19)9-18(3)14(20)11-6-12(16)8-13(17)7-11/h6-8,19H,4-5,9-10H2,1-3H3. The van der Waals surface area contributed by atoms with Crippen molar-refractivity contribution in [3.05, 3.63) is 34.6 Å². The second-order valence-corrected chi connectivity index (χ2v) is 5.62. The van der Waals surface area contributed by atoms with E-state index in [2.05, 4.69) is 0 Å². The maximum atomic E-state index is 13.3. The summed E-state index contributed by atoms with van der Waals surface area (Å²) in [7, 11) is 1.65. The first-order valence-electron chi connectivity index (χ1n) is 6.70. The summed E-state index contributed by atoms with van der Waals surface area (Å²) < 4.78 is 13.3. The van der Waals surface area contributed by atoms with Gasteiger partial charge in [-0.2, -0.15) is 0 Å². The van der Waals surface area contributed by atoms with E-state index in [0.717, 1.165) is 18.9 Å². The molecular weight excluding hydrogens is 281 g/mol. The van der Waals surface area contributed by atoms with Gasteiger partial charge in [-0.1, -0.05) is 25.4 Å². The molecule has 0 saturated heterocycles. The summed E-state index contributed by atoms with van der Waals surface area (Å²) in [6.45, 7) is 4.40. The van der Waals surface area contributed by atoms with Gasteiger partial charge in [-0.05, 0) is 31.0 Å². The van der Waals surface area contributed by atoms with Crippen molar-refractivity contribution in [3.63, 3.8) is 0 Å². The Morgan fingerprint density at radius 1 is 1.35 bits per heavy atom. The molecule has 0 heterocycles. The van der Waals surface area contributed by atoms with Crippen LogP contribution in [0, 0.1) is 11.2 Å². The second-order valence-electron chi connectivity index (χ2n) is 5.18. The minimum atomic E-state index is -0.534. The van der Waals surface area contributed by atoms with Gasteiger partial charge < -0.3 is 10.0 Å². The molecule has 0 saturated carbocycles. The third-order valence-corrected chi connectivity index (χ3v) is 4.08. The molecule has 1 N–H and O–H groups in total. The number of benzene rings is 1. The van der Waals surface area contributed by atoms with E-state index < -0.39 is 5.82 Å². The first-order valence-corrected chi connectivity index (χ1v) is 7.07. The minimum Gasteiger partial charge on any atom is -0.396 e. The maximum Gasteiger partial charge on any atom is 0.253 e. The van der Waals surface area contributed by atoms with Crippen LogP contribution in [0.1, 0.15) is 37.0 Å². The van der Waals surface area contributed by atoms with E-state index in [1.54, 1.807) is 7.05 Å². The van der Waals surface area contributed by atoms with Crippen LogP contribution >= 0.6 is 11.6 Å². The highest BCUT2D eigenvalue weighted by molar-refractivity contribution is 6.31. The predicted octanol–water partition coefficient (Wildman–Crippen LogP) is 3.35. The lowest BCUT2D eigenvalue weighted by Crippen LogP contribution is -2.40. The Labute approximate surface area is 124 Å². The van der Waals surface area contributed by atoms with Crippen LogP contribution in [-0.2, 0) is 0 Å². The van der Waals surface area contributed by atoms with E-state index in [1.807, 2.05) is 13.8 Å². The highest BCUT2D eigenvalue weighted by atomic mass is 35.5. The van der Waals surface area contributed by atoms with Crippen molar-refractivity contribution in [1.82, 2.24) is 4.90 Å². The van der Waals surface area contributed by atoms with Crippen LogP contribution in [0.25, 0.3) is 0 Å². The fourth-order valence-electron chi connectivity index (χ4n) is 2.22. The van der Waals surface area contributed by atoms with Crippen molar-refractivity contribution < 1.29 is 14.3 Å². The monoisotopic (exact) mass is 301 g/mol. The van der Waals surface area contributed by atoms with Crippen molar-refractivity contribution in [2.24, 2.45) is 5.41 Å². The molecule has 0 aliphatic rings. The molecule has 1 aromatic carbocycles. The number of amides is 1. The number of rotatable bonds is 6. The zero-order valence-corrected chi connectivity index (χ0v) is 12.9. The number of carbonyl (C=O) groups is 1. The SMILES string of the molecule is CCC(CC)(CO)CN(C)C(=O)c1cc(F)cc(Cl)c1. The molecule has 3 nitrogen and oxygen atoms in total. The van der Waals surface area contributed by atoms with Gasteiger partial charge in [0.05, 0.1) is 6.61 Å². The highest BCUT2D eigenvalue weighted by Gasteiger charge is 2.29. The van der Waals surface area contributed by atoms with Crippen LogP contribution in [0.2, 0.25) is 5.02 Å². The number of nitrogens with zero attached hydrogens (tertiary/aromatic N) is 1. The Bertz CT molecular complexity index is 446. The normalized spacial score (nSPS) is 11.5. The van der Waals surface area contributed by atoms with Crippen LogP contribution in [0.4, 0.5) is 4.39 Å². The Morgan fingerprint density at radius 2 is 1.95 bits per heavy atom. The highest BCUT2D eigenvalue weighted by Crippen LogP contribution is 2.27. The molecule has 0 spiro atoms. The molecule has 0 aliphatic carbocycles. The van der Waals surface area contributed by atoms with Gasteiger partial charge in [0.2, 0.25) is 0 Å². The first kappa shape index (κ1) is 16.9. The average molecular weight is 302 g/mol. The summed E-state index contributed by atoms with van der Waals surface area (Å²) in [5.41, 5.74) is -0.0989. The third kappa shape index (κ3) is 3.93. The molecule has 1 amide bonds. The fraction of sp³-hybridized carbons (Fsp3) is 0.533. The second kappa shape index (κ2) is 7.04. The summed E-state index contributed by atoms with van der Waals surface area (Å²) in [6, 6.07) is 3.78. The molecule has 20 heavy (non-hydrogen) atoms. The van der Waals surface area contributed by atoms with E-state index in [1.165, 1.54) is 17.0 Å². The van der Waals surface area contributed by atoms with Gasteiger partial charge >= 0.3 is 0 Å². The molecule has 0 aromatic heterocycles. The fourth-order valence-corrected chi connectivity index (χ4v) is 2.44. The zero-order valence-electron chi connectivity index (χ0n) is 12.1. The minimum absolute atomic E-state index is 0.0154. The summed E-state index contributed by atoms with van der Waals surface area (Å²) in [5.74, 6) is -0.834. The lowest BCUT2D eigenvalue weighted by Gasteiger charge is -2.34. The van der Waals surface area contributed by atoms with Crippen LogP contribution in [0.5, 0.6) is 0 Å². The lowest BCUT2D eigenvalue weighted by atomic mass is 9.82. The first-order chi connectivity index (χ1) is 9.37. The van der Waals surface area contributed by atoms with Gasteiger partial charge in [-0.15, -0.1) is 0 Å². The predicted molar refractivity (Wildman–Crippen MR) is 78.5 cm³/mol. The van der Waals surface area contributed by atoms with Crippen molar-refractivity contribution in [3.8, 4) is 0 Å². The Kier molecular flexibility index (Phi) is 5.96.